The monoisotopic (exact) mass is 462 g/mol. The van der Waals surface area contributed by atoms with Crippen molar-refractivity contribution in [2.75, 3.05) is 5.32 Å². The number of para-hydroxylation sites is 1. The number of rotatable bonds is 4. The summed E-state index contributed by atoms with van der Waals surface area (Å²) in [5.74, 6) is -0.510. The molecule has 0 aliphatic carbocycles. The van der Waals surface area contributed by atoms with Gasteiger partial charge in [-0.05, 0) is 55.9 Å². The lowest BCUT2D eigenvalue weighted by atomic mass is 10.1. The van der Waals surface area contributed by atoms with Gasteiger partial charge in [-0.1, -0.05) is 30.3 Å². The van der Waals surface area contributed by atoms with E-state index in [2.05, 4.69) is 15.6 Å². The molecule has 160 valence electrons. The Morgan fingerprint density at radius 3 is 2.62 bits per heavy atom. The van der Waals surface area contributed by atoms with Gasteiger partial charge in [0.25, 0.3) is 11.6 Å². The summed E-state index contributed by atoms with van der Waals surface area (Å²) in [7, 11) is 0. The first-order valence-corrected chi connectivity index (χ1v) is 10.9. The van der Waals surface area contributed by atoms with Gasteiger partial charge in [0.15, 0.2) is 5.11 Å². The van der Waals surface area contributed by atoms with Gasteiger partial charge in [-0.25, -0.2) is 4.98 Å². The molecule has 0 atom stereocenters. The van der Waals surface area contributed by atoms with Gasteiger partial charge >= 0.3 is 0 Å². The van der Waals surface area contributed by atoms with Gasteiger partial charge in [-0.2, -0.15) is 0 Å². The number of aryl methyl sites for hydroxylation is 1. The molecule has 0 saturated heterocycles. The van der Waals surface area contributed by atoms with E-state index in [0.29, 0.717) is 0 Å². The Labute approximate surface area is 193 Å². The average molecular weight is 463 g/mol. The van der Waals surface area contributed by atoms with E-state index in [-0.39, 0.29) is 21.9 Å². The highest BCUT2D eigenvalue weighted by atomic mass is 32.1. The predicted molar refractivity (Wildman–Crippen MR) is 131 cm³/mol. The molecular weight excluding hydrogens is 444 g/mol. The van der Waals surface area contributed by atoms with E-state index in [0.717, 1.165) is 32.0 Å². The quantitative estimate of drug-likeness (QED) is 0.232. The second kappa shape index (κ2) is 8.81. The molecule has 32 heavy (non-hydrogen) atoms. The molecule has 0 spiro atoms. The van der Waals surface area contributed by atoms with Crippen LogP contribution >= 0.6 is 23.6 Å². The number of benzene rings is 3. The molecule has 4 aromatic rings. The van der Waals surface area contributed by atoms with Crippen molar-refractivity contribution in [1.82, 2.24) is 10.3 Å². The number of fused-ring (bicyclic) bond motifs is 1. The predicted octanol–water partition coefficient (Wildman–Crippen LogP) is 5.62. The highest BCUT2D eigenvalue weighted by Crippen LogP contribution is 2.32. The molecule has 2 N–H and O–H groups in total. The lowest BCUT2D eigenvalue weighted by Gasteiger charge is -2.13. The minimum absolute atomic E-state index is 0.102. The number of hydrogen-bond donors (Lipinski definition) is 2. The van der Waals surface area contributed by atoms with E-state index in [1.807, 2.05) is 49.4 Å². The number of nitro groups is 1. The smallest absolute Gasteiger partial charge is 0.273 e. The summed E-state index contributed by atoms with van der Waals surface area (Å²) in [6, 6.07) is 18.2. The molecule has 0 aliphatic rings. The number of thiazole rings is 1. The third kappa shape index (κ3) is 4.34. The first-order chi connectivity index (χ1) is 15.3. The van der Waals surface area contributed by atoms with E-state index in [9.17, 15) is 14.9 Å². The zero-order valence-corrected chi connectivity index (χ0v) is 18.8. The number of thiocarbonyl (C=S) groups is 1. The maximum Gasteiger partial charge on any atom is 0.273 e. The summed E-state index contributed by atoms with van der Waals surface area (Å²) in [6.45, 7) is 3.47. The largest absolute Gasteiger partial charge is 0.332 e. The summed E-state index contributed by atoms with van der Waals surface area (Å²) in [5, 5.41) is 17.8. The lowest BCUT2D eigenvalue weighted by Crippen LogP contribution is -2.34. The fraction of sp³-hybridized carbons (Fsp3) is 0.0870. The van der Waals surface area contributed by atoms with Crippen LogP contribution < -0.4 is 10.6 Å². The average Bonchev–Trinajstić information content (AvgIpc) is 3.19. The van der Waals surface area contributed by atoms with E-state index >= 15 is 0 Å². The van der Waals surface area contributed by atoms with Gasteiger partial charge < -0.3 is 5.32 Å². The van der Waals surface area contributed by atoms with E-state index in [1.54, 1.807) is 11.3 Å². The van der Waals surface area contributed by atoms with Crippen LogP contribution in [0.5, 0.6) is 0 Å². The third-order valence-corrected chi connectivity index (χ3v) is 6.29. The minimum Gasteiger partial charge on any atom is -0.332 e. The van der Waals surface area contributed by atoms with Crippen molar-refractivity contribution in [2.24, 2.45) is 0 Å². The number of amides is 1. The number of carbonyl (C=O) groups is 1. The van der Waals surface area contributed by atoms with Crippen LogP contribution in [0.25, 0.3) is 20.8 Å². The number of aromatic nitrogens is 1. The number of hydrogen-bond acceptors (Lipinski definition) is 6. The van der Waals surface area contributed by atoms with Gasteiger partial charge in [0.1, 0.15) is 5.01 Å². The fourth-order valence-electron chi connectivity index (χ4n) is 3.28. The molecule has 0 saturated carbocycles. The van der Waals surface area contributed by atoms with E-state index in [4.69, 9.17) is 12.2 Å². The van der Waals surface area contributed by atoms with Crippen LogP contribution in [0.1, 0.15) is 21.5 Å². The number of carbonyl (C=O) groups excluding carboxylic acids is 1. The standard InChI is InChI=1S/C23H18N4O3S2/c1-13-10-11-15(22-24-17-7-3-4-9-20(17)32-22)12-18(13)25-23(31)26-21(28)16-6-5-8-19(14(16)2)27(29)30/h3-12H,1-2H3,(H2,25,26,28,31). The lowest BCUT2D eigenvalue weighted by molar-refractivity contribution is -0.385. The van der Waals surface area contributed by atoms with Gasteiger partial charge in [0.05, 0.1) is 15.1 Å². The van der Waals surface area contributed by atoms with Gasteiger partial charge in [0, 0.05) is 28.4 Å². The summed E-state index contributed by atoms with van der Waals surface area (Å²) in [5.41, 5.74) is 3.92. The van der Waals surface area contributed by atoms with Gasteiger partial charge in [-0.3, -0.25) is 20.2 Å². The summed E-state index contributed by atoms with van der Waals surface area (Å²) in [6.07, 6.45) is 0. The molecule has 3 aromatic carbocycles. The maximum atomic E-state index is 12.6. The molecule has 0 bridgehead atoms. The van der Waals surface area contributed by atoms with Gasteiger partial charge in [-0.15, -0.1) is 11.3 Å². The van der Waals surface area contributed by atoms with Crippen LogP contribution in [0.3, 0.4) is 0 Å². The zero-order chi connectivity index (χ0) is 22.8. The van der Waals surface area contributed by atoms with Crippen molar-refractivity contribution >= 4 is 56.2 Å². The molecule has 1 aromatic heterocycles. The summed E-state index contributed by atoms with van der Waals surface area (Å²) < 4.78 is 1.10. The Balaban J connectivity index is 1.53. The van der Waals surface area contributed by atoms with E-state index in [1.165, 1.54) is 25.1 Å². The highest BCUT2D eigenvalue weighted by Gasteiger charge is 2.19. The van der Waals surface area contributed by atoms with Crippen molar-refractivity contribution in [2.45, 2.75) is 13.8 Å². The first-order valence-electron chi connectivity index (χ1n) is 9.66. The second-order valence-corrected chi connectivity index (χ2v) is 8.57. The Bertz CT molecular complexity index is 1350. The topological polar surface area (TPSA) is 97.2 Å². The molecule has 0 fully saturated rings. The van der Waals surface area contributed by atoms with Crippen molar-refractivity contribution < 1.29 is 9.72 Å². The molecule has 0 unspecified atom stereocenters. The third-order valence-electron chi connectivity index (χ3n) is 5.00. The fourth-order valence-corrected chi connectivity index (χ4v) is 4.44. The summed E-state index contributed by atoms with van der Waals surface area (Å²) in [4.78, 5) is 28.0. The van der Waals surface area contributed by atoms with Crippen molar-refractivity contribution in [1.29, 1.82) is 0 Å². The Morgan fingerprint density at radius 1 is 1.09 bits per heavy atom. The van der Waals surface area contributed by atoms with Crippen LogP contribution in [-0.4, -0.2) is 20.9 Å². The molecular formula is C23H18N4O3S2. The number of anilines is 1. The molecule has 0 radical (unpaired) electrons. The molecule has 0 aliphatic heterocycles. The Kier molecular flexibility index (Phi) is 5.93. The van der Waals surface area contributed by atoms with Crippen molar-refractivity contribution in [3.63, 3.8) is 0 Å². The normalized spacial score (nSPS) is 10.7. The van der Waals surface area contributed by atoms with Crippen LogP contribution in [0.15, 0.2) is 60.7 Å². The Hall–Kier alpha value is -3.69. The molecule has 1 amide bonds. The van der Waals surface area contributed by atoms with E-state index < -0.39 is 10.8 Å². The van der Waals surface area contributed by atoms with Crippen molar-refractivity contribution in [3.05, 3.63) is 87.5 Å². The van der Waals surface area contributed by atoms with Crippen LogP contribution in [0.4, 0.5) is 11.4 Å². The van der Waals surface area contributed by atoms with Crippen LogP contribution in [-0.2, 0) is 0 Å². The number of nitrogens with one attached hydrogen (secondary N) is 2. The summed E-state index contributed by atoms with van der Waals surface area (Å²) >= 11 is 6.92. The molecule has 4 rings (SSSR count). The minimum atomic E-state index is -0.514. The van der Waals surface area contributed by atoms with Gasteiger partial charge in [0.2, 0.25) is 0 Å². The molecule has 9 heteroatoms. The van der Waals surface area contributed by atoms with Crippen molar-refractivity contribution in [3.8, 4) is 10.6 Å². The number of nitro benzene ring substituents is 1. The zero-order valence-electron chi connectivity index (χ0n) is 17.2. The van der Waals surface area contributed by atoms with Crippen LogP contribution in [0.2, 0.25) is 0 Å². The molecule has 7 nitrogen and oxygen atoms in total. The second-order valence-electron chi connectivity index (χ2n) is 7.13. The first kappa shape index (κ1) is 21.5. The number of nitrogens with zero attached hydrogens (tertiary/aromatic N) is 2. The Morgan fingerprint density at radius 2 is 1.88 bits per heavy atom. The SMILES string of the molecule is Cc1ccc(-c2nc3ccccc3s2)cc1NC(=S)NC(=O)c1cccc([N+](=O)[O-])c1C. The maximum absolute atomic E-state index is 12.6. The highest BCUT2D eigenvalue weighted by molar-refractivity contribution is 7.80. The van der Waals surface area contributed by atoms with Crippen LogP contribution in [0, 0.1) is 24.0 Å². The molecule has 1 heterocycles.